The third-order valence-electron chi connectivity index (χ3n) is 1.29. The van der Waals surface area contributed by atoms with Crippen LogP contribution in [0, 0.1) is 0 Å². The van der Waals surface area contributed by atoms with E-state index in [1.807, 2.05) is 6.92 Å². The summed E-state index contributed by atoms with van der Waals surface area (Å²) in [5, 5.41) is 2.46. The van der Waals surface area contributed by atoms with Crippen molar-refractivity contribution in [2.24, 2.45) is 0 Å². The van der Waals surface area contributed by atoms with Gasteiger partial charge in [0.15, 0.2) is 0 Å². The third-order valence-corrected chi connectivity index (χ3v) is 1.29. The van der Waals surface area contributed by atoms with E-state index in [0.29, 0.717) is 6.54 Å². The van der Waals surface area contributed by atoms with Gasteiger partial charge in [0, 0.05) is 13.6 Å². The first-order valence-corrected chi connectivity index (χ1v) is 3.66. The number of carbonyl (C=O) groups is 2. The highest BCUT2D eigenvalue weighted by Crippen LogP contribution is 1.89. The first-order chi connectivity index (χ1) is 5.26. The largest absolute Gasteiger partial charge is 0.341 e. The Bertz CT molecular complexity index is 136. The fraction of sp³-hybridized carbons (Fsp3) is 0.714. The van der Waals surface area contributed by atoms with Gasteiger partial charge in [-0.05, 0) is 6.42 Å². The number of hydrogen-bond donors (Lipinski definition) is 1. The number of urea groups is 1. The smallest absolute Gasteiger partial charge is 0.317 e. The molecule has 0 aromatic carbocycles. The molecule has 0 bridgehead atoms. The summed E-state index contributed by atoms with van der Waals surface area (Å²) < 4.78 is 0. The van der Waals surface area contributed by atoms with Crippen molar-refractivity contribution in [3.8, 4) is 0 Å². The minimum absolute atomic E-state index is 0.174. The minimum Gasteiger partial charge on any atom is -0.341 e. The Labute approximate surface area is 66.6 Å². The predicted octanol–water partition coefficient (Wildman–Crippen LogP) is 0.237. The van der Waals surface area contributed by atoms with Gasteiger partial charge in [0.1, 0.15) is 6.29 Å². The van der Waals surface area contributed by atoms with Crippen LogP contribution in [0.4, 0.5) is 4.79 Å². The summed E-state index contributed by atoms with van der Waals surface area (Å²) >= 11 is 0. The maximum atomic E-state index is 10.9. The van der Waals surface area contributed by atoms with Crippen LogP contribution in [0.2, 0.25) is 0 Å². The molecule has 0 heterocycles. The normalized spacial score (nSPS) is 8.91. The van der Waals surface area contributed by atoms with Gasteiger partial charge in [-0.25, -0.2) is 4.79 Å². The van der Waals surface area contributed by atoms with E-state index < -0.39 is 0 Å². The lowest BCUT2D eigenvalue weighted by atomic mass is 10.4. The van der Waals surface area contributed by atoms with Gasteiger partial charge in [0.25, 0.3) is 0 Å². The first kappa shape index (κ1) is 9.94. The van der Waals surface area contributed by atoms with Crippen molar-refractivity contribution < 1.29 is 9.59 Å². The molecule has 4 nitrogen and oxygen atoms in total. The fourth-order valence-electron chi connectivity index (χ4n) is 0.794. The maximum absolute atomic E-state index is 10.9. The minimum atomic E-state index is -0.195. The van der Waals surface area contributed by atoms with E-state index in [4.69, 9.17) is 0 Å². The average molecular weight is 158 g/mol. The zero-order valence-corrected chi connectivity index (χ0v) is 6.96. The predicted molar refractivity (Wildman–Crippen MR) is 42.4 cm³/mol. The topological polar surface area (TPSA) is 49.4 Å². The van der Waals surface area contributed by atoms with Crippen LogP contribution in [0.5, 0.6) is 0 Å². The van der Waals surface area contributed by atoms with Crippen LogP contribution in [0.1, 0.15) is 13.3 Å². The number of rotatable bonds is 4. The van der Waals surface area contributed by atoms with Crippen LogP contribution in [-0.2, 0) is 4.79 Å². The van der Waals surface area contributed by atoms with E-state index in [1.54, 1.807) is 7.05 Å². The molecule has 4 heteroatoms. The Morgan fingerprint density at radius 2 is 2.27 bits per heavy atom. The monoisotopic (exact) mass is 158 g/mol. The lowest BCUT2D eigenvalue weighted by Gasteiger charge is -2.17. The van der Waals surface area contributed by atoms with Gasteiger partial charge < -0.3 is 15.0 Å². The lowest BCUT2D eigenvalue weighted by molar-refractivity contribution is -0.108. The van der Waals surface area contributed by atoms with Crippen molar-refractivity contribution in [2.45, 2.75) is 13.3 Å². The molecule has 1 N–H and O–H groups in total. The third kappa shape index (κ3) is 3.60. The highest BCUT2D eigenvalue weighted by molar-refractivity contribution is 5.76. The molecule has 0 aliphatic carbocycles. The van der Waals surface area contributed by atoms with E-state index in [9.17, 15) is 9.59 Å². The zero-order valence-electron chi connectivity index (χ0n) is 6.96. The van der Waals surface area contributed by atoms with Gasteiger partial charge in [-0.15, -0.1) is 0 Å². The van der Waals surface area contributed by atoms with Crippen LogP contribution in [-0.4, -0.2) is 37.4 Å². The van der Waals surface area contributed by atoms with Gasteiger partial charge in [-0.3, -0.25) is 0 Å². The van der Waals surface area contributed by atoms with E-state index in [1.165, 1.54) is 4.90 Å². The highest BCUT2D eigenvalue weighted by Gasteiger charge is 2.07. The first-order valence-electron chi connectivity index (χ1n) is 3.66. The van der Waals surface area contributed by atoms with Crippen molar-refractivity contribution in [1.82, 2.24) is 10.2 Å². The quantitative estimate of drug-likeness (QED) is 0.596. The number of amides is 2. The molecule has 0 saturated carbocycles. The van der Waals surface area contributed by atoms with Crippen molar-refractivity contribution in [2.75, 3.05) is 20.1 Å². The number of aldehydes is 1. The lowest BCUT2D eigenvalue weighted by Crippen LogP contribution is -2.39. The summed E-state index contributed by atoms with van der Waals surface area (Å²) in [6.45, 7) is 2.76. The molecule has 0 unspecified atom stereocenters. The summed E-state index contributed by atoms with van der Waals surface area (Å²) in [5.41, 5.74) is 0. The van der Waals surface area contributed by atoms with Crippen LogP contribution < -0.4 is 5.32 Å². The molecule has 0 rings (SSSR count). The second kappa shape index (κ2) is 5.70. The number of hydrogen-bond acceptors (Lipinski definition) is 2. The van der Waals surface area contributed by atoms with Crippen LogP contribution in [0.15, 0.2) is 0 Å². The molecular formula is C7H14N2O2. The Kier molecular flexibility index (Phi) is 5.15. The maximum Gasteiger partial charge on any atom is 0.317 e. The molecule has 0 saturated heterocycles. The summed E-state index contributed by atoms with van der Waals surface area (Å²) in [5.74, 6) is 0. The molecule has 0 aliphatic rings. The molecule has 0 aromatic rings. The van der Waals surface area contributed by atoms with Crippen molar-refractivity contribution in [3.63, 3.8) is 0 Å². The summed E-state index contributed by atoms with van der Waals surface area (Å²) in [7, 11) is 1.55. The molecule has 0 spiro atoms. The van der Waals surface area contributed by atoms with E-state index in [2.05, 4.69) is 5.32 Å². The van der Waals surface area contributed by atoms with Crippen LogP contribution in [0.25, 0.3) is 0 Å². The highest BCUT2D eigenvalue weighted by atomic mass is 16.2. The molecule has 0 aromatic heterocycles. The van der Waals surface area contributed by atoms with Gasteiger partial charge in [-0.2, -0.15) is 0 Å². The van der Waals surface area contributed by atoms with E-state index in [-0.39, 0.29) is 12.6 Å². The second-order valence-corrected chi connectivity index (χ2v) is 2.17. The summed E-state index contributed by atoms with van der Waals surface area (Å²) in [6.07, 6.45) is 1.59. The van der Waals surface area contributed by atoms with Crippen molar-refractivity contribution in [3.05, 3.63) is 0 Å². The van der Waals surface area contributed by atoms with Gasteiger partial charge >= 0.3 is 6.03 Å². The molecule has 0 fully saturated rings. The van der Waals surface area contributed by atoms with Gasteiger partial charge in [0.05, 0.1) is 6.54 Å². The van der Waals surface area contributed by atoms with E-state index in [0.717, 1.165) is 12.7 Å². The summed E-state index contributed by atoms with van der Waals surface area (Å²) in [4.78, 5) is 22.5. The Balaban J connectivity index is 3.86. The van der Waals surface area contributed by atoms with Gasteiger partial charge in [0.2, 0.25) is 0 Å². The Morgan fingerprint density at radius 3 is 2.64 bits per heavy atom. The molecule has 64 valence electrons. The number of nitrogens with one attached hydrogen (secondary N) is 1. The zero-order chi connectivity index (χ0) is 8.69. The molecule has 11 heavy (non-hydrogen) atoms. The molecule has 0 aliphatic heterocycles. The molecule has 0 atom stereocenters. The van der Waals surface area contributed by atoms with Crippen LogP contribution in [0.3, 0.4) is 0 Å². The number of nitrogens with zero attached hydrogens (tertiary/aromatic N) is 1. The Hall–Kier alpha value is -1.06. The molecular weight excluding hydrogens is 144 g/mol. The number of carbonyl (C=O) groups excluding carboxylic acids is 2. The van der Waals surface area contributed by atoms with E-state index >= 15 is 0 Å². The second-order valence-electron chi connectivity index (χ2n) is 2.17. The SMILES string of the molecule is CCCN(CC=O)C(=O)NC. The standard InChI is InChI=1S/C7H14N2O2/c1-3-4-9(5-6-10)7(11)8-2/h6H,3-5H2,1-2H3,(H,8,11). The summed E-state index contributed by atoms with van der Waals surface area (Å²) in [6, 6.07) is -0.195. The molecule has 0 radical (unpaired) electrons. The van der Waals surface area contributed by atoms with Crippen LogP contribution >= 0.6 is 0 Å². The average Bonchev–Trinajstić information content (AvgIpc) is 2.03. The fourth-order valence-corrected chi connectivity index (χ4v) is 0.794. The van der Waals surface area contributed by atoms with Crippen molar-refractivity contribution in [1.29, 1.82) is 0 Å². The van der Waals surface area contributed by atoms with Gasteiger partial charge in [-0.1, -0.05) is 6.92 Å². The molecule has 2 amide bonds. The Morgan fingerprint density at radius 1 is 1.64 bits per heavy atom. The van der Waals surface area contributed by atoms with Crippen molar-refractivity contribution >= 4 is 12.3 Å².